The van der Waals surface area contributed by atoms with Crippen LogP contribution in [0.1, 0.15) is 22.3 Å². The second-order valence-electron chi connectivity index (χ2n) is 7.16. The number of benzene rings is 2. The summed E-state index contributed by atoms with van der Waals surface area (Å²) in [5, 5.41) is 9.30. The van der Waals surface area contributed by atoms with E-state index in [0.29, 0.717) is 5.56 Å². The summed E-state index contributed by atoms with van der Waals surface area (Å²) in [7, 11) is 1.55. The van der Waals surface area contributed by atoms with Crippen molar-refractivity contribution in [1.29, 1.82) is 0 Å². The lowest BCUT2D eigenvalue weighted by Gasteiger charge is -2.21. The number of carbonyl (C=O) groups is 2. The predicted molar refractivity (Wildman–Crippen MR) is 106 cm³/mol. The van der Waals surface area contributed by atoms with Crippen LogP contribution >= 0.6 is 0 Å². The molecule has 1 aliphatic heterocycles. The summed E-state index contributed by atoms with van der Waals surface area (Å²) < 4.78 is 39.4. The van der Waals surface area contributed by atoms with Gasteiger partial charge in [-0.2, -0.15) is 13.2 Å². The molecule has 158 valence electrons. The minimum atomic E-state index is -4.61. The first-order valence-corrected chi connectivity index (χ1v) is 9.26. The number of aryl methyl sites for hydroxylation is 2. The van der Waals surface area contributed by atoms with Crippen molar-refractivity contribution in [3.05, 3.63) is 70.4 Å². The quantitative estimate of drug-likeness (QED) is 0.755. The maximum absolute atomic E-state index is 13.3. The van der Waals surface area contributed by atoms with Gasteiger partial charge in [0.15, 0.2) is 0 Å². The monoisotopic (exact) mass is 418 g/mol. The molecule has 0 spiro atoms. The molecule has 2 aromatic carbocycles. The Balaban J connectivity index is 2.15. The van der Waals surface area contributed by atoms with Crippen molar-refractivity contribution in [3.8, 4) is 0 Å². The maximum Gasteiger partial charge on any atom is 0.416 e. The van der Waals surface area contributed by atoms with Crippen LogP contribution in [0.4, 0.5) is 18.9 Å². The number of halogens is 3. The number of aliphatic hydroxyl groups is 1. The van der Waals surface area contributed by atoms with E-state index < -0.39 is 23.6 Å². The van der Waals surface area contributed by atoms with Gasteiger partial charge in [0.25, 0.3) is 11.8 Å². The zero-order chi connectivity index (χ0) is 22.2. The van der Waals surface area contributed by atoms with Crippen molar-refractivity contribution < 1.29 is 27.9 Å². The first kappa shape index (κ1) is 21.6. The van der Waals surface area contributed by atoms with Crippen LogP contribution in [0.5, 0.6) is 0 Å². The standard InChI is InChI=1S/C22H21F3N2O3/c1-13-7-8-15(11-14(13)2)18-19(26(3)9-10-28)21(30)27(20(18)29)17-6-4-5-16(12-17)22(23,24)25/h4-8,11-12,28H,9-10H2,1-3H3. The SMILES string of the molecule is Cc1ccc(C2=C(N(C)CCO)C(=O)N(c3cccc(C(F)(F)F)c3)C2=O)cc1C. The van der Waals surface area contributed by atoms with E-state index in [1.807, 2.05) is 19.9 Å². The fourth-order valence-corrected chi connectivity index (χ4v) is 3.35. The average Bonchev–Trinajstić information content (AvgIpc) is 2.94. The van der Waals surface area contributed by atoms with Gasteiger partial charge in [0.05, 0.1) is 23.4 Å². The van der Waals surface area contributed by atoms with Crippen LogP contribution in [0.2, 0.25) is 0 Å². The zero-order valence-electron chi connectivity index (χ0n) is 16.7. The summed E-state index contributed by atoms with van der Waals surface area (Å²) in [4.78, 5) is 28.6. The molecule has 2 aromatic rings. The maximum atomic E-state index is 13.3. The van der Waals surface area contributed by atoms with Gasteiger partial charge in [0.2, 0.25) is 0 Å². The van der Waals surface area contributed by atoms with Crippen LogP contribution in [0.15, 0.2) is 48.2 Å². The molecule has 8 heteroatoms. The molecule has 0 fully saturated rings. The Morgan fingerprint density at radius 3 is 2.30 bits per heavy atom. The van der Waals surface area contributed by atoms with E-state index in [2.05, 4.69) is 0 Å². The first-order chi connectivity index (χ1) is 14.1. The molecule has 2 amide bonds. The molecule has 3 rings (SSSR count). The summed E-state index contributed by atoms with van der Waals surface area (Å²) in [5.41, 5.74) is 1.41. The van der Waals surface area contributed by atoms with Crippen LogP contribution in [-0.2, 0) is 15.8 Å². The minimum Gasteiger partial charge on any atom is -0.395 e. The smallest absolute Gasteiger partial charge is 0.395 e. The van der Waals surface area contributed by atoms with Gasteiger partial charge in [0.1, 0.15) is 5.70 Å². The van der Waals surface area contributed by atoms with E-state index in [1.54, 1.807) is 19.2 Å². The van der Waals surface area contributed by atoms with Gasteiger partial charge in [-0.15, -0.1) is 0 Å². The Morgan fingerprint density at radius 2 is 1.70 bits per heavy atom. The molecule has 0 saturated heterocycles. The number of hydrogen-bond donors (Lipinski definition) is 1. The lowest BCUT2D eigenvalue weighted by molar-refractivity contribution is -0.137. The van der Waals surface area contributed by atoms with Gasteiger partial charge < -0.3 is 10.0 Å². The molecule has 1 heterocycles. The molecule has 1 aliphatic rings. The third-order valence-electron chi connectivity index (χ3n) is 5.10. The van der Waals surface area contributed by atoms with Gasteiger partial charge in [-0.05, 0) is 48.7 Å². The van der Waals surface area contributed by atoms with E-state index in [1.165, 1.54) is 11.0 Å². The third kappa shape index (κ3) is 3.82. The summed E-state index contributed by atoms with van der Waals surface area (Å²) in [6, 6.07) is 9.38. The van der Waals surface area contributed by atoms with Crippen molar-refractivity contribution >= 4 is 23.1 Å². The second-order valence-corrected chi connectivity index (χ2v) is 7.16. The highest BCUT2D eigenvalue weighted by Crippen LogP contribution is 2.37. The first-order valence-electron chi connectivity index (χ1n) is 9.26. The molecule has 0 aromatic heterocycles. The Labute approximate surface area is 172 Å². The number of likely N-dealkylation sites (N-methyl/N-ethyl adjacent to an activating group) is 1. The van der Waals surface area contributed by atoms with Gasteiger partial charge in [-0.1, -0.05) is 24.3 Å². The van der Waals surface area contributed by atoms with E-state index >= 15 is 0 Å². The topological polar surface area (TPSA) is 60.9 Å². The molecule has 0 aliphatic carbocycles. The van der Waals surface area contributed by atoms with Crippen LogP contribution in [-0.4, -0.2) is 42.0 Å². The van der Waals surface area contributed by atoms with Crippen molar-refractivity contribution in [3.63, 3.8) is 0 Å². The number of hydrogen-bond acceptors (Lipinski definition) is 4. The molecule has 30 heavy (non-hydrogen) atoms. The largest absolute Gasteiger partial charge is 0.416 e. The summed E-state index contributed by atoms with van der Waals surface area (Å²) in [6.07, 6.45) is -4.61. The number of alkyl halides is 3. The number of anilines is 1. The Hall–Kier alpha value is -3.13. The number of rotatable bonds is 5. The lowest BCUT2D eigenvalue weighted by atomic mass is 9.99. The van der Waals surface area contributed by atoms with E-state index in [9.17, 15) is 27.9 Å². The Morgan fingerprint density at radius 1 is 1.00 bits per heavy atom. The number of amides is 2. The fraction of sp³-hybridized carbons (Fsp3) is 0.273. The Bertz CT molecular complexity index is 1040. The number of aliphatic hydroxyl groups excluding tert-OH is 1. The van der Waals surface area contributed by atoms with Crippen molar-refractivity contribution in [2.24, 2.45) is 0 Å². The molecule has 1 N–H and O–H groups in total. The average molecular weight is 418 g/mol. The highest BCUT2D eigenvalue weighted by atomic mass is 19.4. The van der Waals surface area contributed by atoms with Crippen molar-refractivity contribution in [1.82, 2.24) is 4.90 Å². The van der Waals surface area contributed by atoms with Crippen LogP contribution in [0.3, 0.4) is 0 Å². The fourth-order valence-electron chi connectivity index (χ4n) is 3.35. The van der Waals surface area contributed by atoms with Gasteiger partial charge in [0, 0.05) is 13.6 Å². The van der Waals surface area contributed by atoms with E-state index in [4.69, 9.17) is 0 Å². The normalized spacial score (nSPS) is 14.7. The second kappa shape index (κ2) is 7.95. The van der Waals surface area contributed by atoms with Crippen LogP contribution < -0.4 is 4.90 Å². The van der Waals surface area contributed by atoms with E-state index in [0.717, 1.165) is 34.2 Å². The lowest BCUT2D eigenvalue weighted by Crippen LogP contribution is -2.35. The summed E-state index contributed by atoms with van der Waals surface area (Å²) in [5.74, 6) is -1.44. The highest BCUT2D eigenvalue weighted by molar-refractivity contribution is 6.45. The summed E-state index contributed by atoms with van der Waals surface area (Å²) in [6.45, 7) is 3.59. The molecule has 0 saturated carbocycles. The molecule has 0 bridgehead atoms. The molecule has 5 nitrogen and oxygen atoms in total. The van der Waals surface area contributed by atoms with Crippen molar-refractivity contribution in [2.75, 3.05) is 25.1 Å². The van der Waals surface area contributed by atoms with Crippen LogP contribution in [0, 0.1) is 13.8 Å². The third-order valence-corrected chi connectivity index (χ3v) is 5.10. The summed E-state index contributed by atoms with van der Waals surface area (Å²) >= 11 is 0. The zero-order valence-corrected chi connectivity index (χ0v) is 16.7. The number of carbonyl (C=O) groups excluding carboxylic acids is 2. The highest BCUT2D eigenvalue weighted by Gasteiger charge is 2.42. The molecular weight excluding hydrogens is 397 g/mol. The number of imide groups is 1. The minimum absolute atomic E-state index is 0.0368. The Kier molecular flexibility index (Phi) is 5.72. The number of nitrogens with zero attached hydrogens (tertiary/aromatic N) is 2. The molecular formula is C22H21F3N2O3. The van der Waals surface area contributed by atoms with Crippen molar-refractivity contribution in [2.45, 2.75) is 20.0 Å². The van der Waals surface area contributed by atoms with Gasteiger partial charge in [-0.25, -0.2) is 4.90 Å². The molecule has 0 radical (unpaired) electrons. The van der Waals surface area contributed by atoms with E-state index in [-0.39, 0.29) is 30.1 Å². The predicted octanol–water partition coefficient (Wildman–Crippen LogP) is 3.53. The molecule has 0 unspecified atom stereocenters. The van der Waals surface area contributed by atoms with Gasteiger partial charge in [-0.3, -0.25) is 9.59 Å². The molecule has 0 atom stereocenters. The van der Waals surface area contributed by atoms with Crippen LogP contribution in [0.25, 0.3) is 5.57 Å². The van der Waals surface area contributed by atoms with Gasteiger partial charge >= 0.3 is 6.18 Å².